The van der Waals surface area contributed by atoms with Gasteiger partial charge in [0, 0.05) is 36.9 Å². The number of aromatic nitrogens is 2. The Morgan fingerprint density at radius 1 is 0.915 bits per heavy atom. The van der Waals surface area contributed by atoms with E-state index in [0.717, 1.165) is 30.4 Å². The summed E-state index contributed by atoms with van der Waals surface area (Å²) in [6, 6.07) is 18.4. The topological polar surface area (TPSA) is 152 Å². The summed E-state index contributed by atoms with van der Waals surface area (Å²) >= 11 is 0. The zero-order chi connectivity index (χ0) is 33.5. The van der Waals surface area contributed by atoms with Gasteiger partial charge in [-0.25, -0.2) is 18.0 Å². The highest BCUT2D eigenvalue weighted by Crippen LogP contribution is 2.32. The molecule has 0 bridgehead atoms. The monoisotopic (exact) mass is 658 g/mol. The highest BCUT2D eigenvalue weighted by Gasteiger charge is 2.38. The van der Waals surface area contributed by atoms with E-state index in [9.17, 15) is 27.6 Å². The molecule has 0 radical (unpaired) electrons. The van der Waals surface area contributed by atoms with E-state index in [-0.39, 0.29) is 30.2 Å². The predicted molar refractivity (Wildman–Crippen MR) is 180 cm³/mol. The molecular formula is C34H38N6O6S. The molecule has 2 aliphatic heterocycles. The standard InChI is InChI=1S/C34H38N6O6S/c1-34(2)17-4-5-18-39(34)47(45,46)21-22-7-6-8-26(19-22)36-32(43)35-25-12-9-23(10-13-25)24-11-14-27-29(20-24)38(3)33(44)40(27)28-15-16-30(41)37-31(28)42/h6-14,19-20,28H,4-5,15-18,21H2,1-3H3,(H2,35,36,43)(H,37,41,42). The van der Waals surface area contributed by atoms with Gasteiger partial charge in [-0.15, -0.1) is 0 Å². The maximum Gasteiger partial charge on any atom is 0.329 e. The van der Waals surface area contributed by atoms with Crippen molar-refractivity contribution in [2.24, 2.45) is 7.05 Å². The molecule has 4 amide bonds. The zero-order valence-electron chi connectivity index (χ0n) is 26.6. The number of anilines is 2. The maximum atomic E-state index is 13.2. The minimum Gasteiger partial charge on any atom is -0.308 e. The quantitative estimate of drug-likeness (QED) is 0.245. The van der Waals surface area contributed by atoms with Gasteiger partial charge in [0.25, 0.3) is 0 Å². The van der Waals surface area contributed by atoms with E-state index < -0.39 is 33.5 Å². The Morgan fingerprint density at radius 2 is 1.64 bits per heavy atom. The second-order valence-corrected chi connectivity index (χ2v) is 14.7. The number of nitrogens with one attached hydrogen (secondary N) is 3. The number of hydrogen-bond acceptors (Lipinski definition) is 6. The van der Waals surface area contributed by atoms with Crippen LogP contribution in [0.3, 0.4) is 0 Å². The fraction of sp³-hybridized carbons (Fsp3) is 0.353. The van der Waals surface area contributed by atoms with Gasteiger partial charge in [-0.2, -0.15) is 4.31 Å². The number of rotatable bonds is 7. The molecule has 0 saturated carbocycles. The average Bonchev–Trinajstić information content (AvgIpc) is 3.25. The molecular weight excluding hydrogens is 620 g/mol. The van der Waals surface area contributed by atoms with E-state index in [2.05, 4.69) is 16.0 Å². The maximum absolute atomic E-state index is 13.2. The van der Waals surface area contributed by atoms with Gasteiger partial charge in [0.2, 0.25) is 21.8 Å². The summed E-state index contributed by atoms with van der Waals surface area (Å²) in [7, 11) is -1.88. The Hall–Kier alpha value is -4.75. The summed E-state index contributed by atoms with van der Waals surface area (Å²) in [5.41, 5.74) is 3.80. The summed E-state index contributed by atoms with van der Waals surface area (Å²) < 4.78 is 31.0. The van der Waals surface area contributed by atoms with Crippen LogP contribution in [0.25, 0.3) is 22.2 Å². The molecule has 3 N–H and O–H groups in total. The van der Waals surface area contributed by atoms with Gasteiger partial charge in [-0.1, -0.05) is 36.8 Å². The van der Waals surface area contributed by atoms with E-state index in [1.54, 1.807) is 53.8 Å². The molecule has 0 aliphatic carbocycles. The number of fused-ring (bicyclic) bond motifs is 1. The number of hydrogen-bond donors (Lipinski definition) is 3. The molecule has 2 aliphatic rings. The number of amides is 4. The van der Waals surface area contributed by atoms with Gasteiger partial charge in [0.05, 0.1) is 16.8 Å². The lowest BCUT2D eigenvalue weighted by molar-refractivity contribution is -0.135. The minimum absolute atomic E-state index is 0.142. The van der Waals surface area contributed by atoms with Crippen LogP contribution in [0.5, 0.6) is 0 Å². The van der Waals surface area contributed by atoms with Gasteiger partial charge in [-0.3, -0.25) is 24.0 Å². The number of carbonyl (C=O) groups excluding carboxylic acids is 3. The first-order valence-electron chi connectivity index (χ1n) is 15.6. The van der Waals surface area contributed by atoms with Crippen molar-refractivity contribution in [1.29, 1.82) is 0 Å². The molecule has 1 atom stereocenters. The number of imide groups is 1. The first-order chi connectivity index (χ1) is 22.3. The Labute approximate surface area is 272 Å². The average molecular weight is 659 g/mol. The van der Waals surface area contributed by atoms with Crippen molar-refractivity contribution in [1.82, 2.24) is 18.8 Å². The van der Waals surface area contributed by atoms with Crippen molar-refractivity contribution < 1.29 is 22.8 Å². The number of sulfonamides is 1. The molecule has 0 spiro atoms. The summed E-state index contributed by atoms with van der Waals surface area (Å²) in [5, 5.41) is 7.91. The summed E-state index contributed by atoms with van der Waals surface area (Å²) in [6.45, 7) is 4.44. The van der Waals surface area contributed by atoms with Crippen LogP contribution in [0.15, 0.2) is 71.5 Å². The number of nitrogens with zero attached hydrogens (tertiary/aromatic N) is 3. The first-order valence-corrected chi connectivity index (χ1v) is 17.3. The van der Waals surface area contributed by atoms with Crippen molar-refractivity contribution in [2.45, 2.75) is 63.3 Å². The number of urea groups is 1. The van der Waals surface area contributed by atoms with E-state index in [1.165, 1.54) is 9.13 Å². The Balaban J connectivity index is 1.12. The van der Waals surface area contributed by atoms with Crippen molar-refractivity contribution in [2.75, 3.05) is 17.2 Å². The highest BCUT2D eigenvalue weighted by atomic mass is 32.2. The van der Waals surface area contributed by atoms with Crippen molar-refractivity contribution in [3.05, 3.63) is 82.8 Å². The van der Waals surface area contributed by atoms with Crippen molar-refractivity contribution in [3.8, 4) is 11.1 Å². The van der Waals surface area contributed by atoms with Gasteiger partial charge in [0.1, 0.15) is 6.04 Å². The smallest absolute Gasteiger partial charge is 0.308 e. The lowest BCUT2D eigenvalue weighted by atomic mass is 9.93. The zero-order valence-corrected chi connectivity index (χ0v) is 27.4. The summed E-state index contributed by atoms with van der Waals surface area (Å²) in [5.74, 6) is -0.965. The van der Waals surface area contributed by atoms with Crippen LogP contribution in [0.4, 0.5) is 16.2 Å². The SMILES string of the molecule is Cn1c(=O)n(C2CCC(=O)NC2=O)c2ccc(-c3ccc(NC(=O)Nc4cccc(CS(=O)(=O)N5CCCCC5(C)C)c4)cc3)cc21. The number of benzene rings is 3. The van der Waals surface area contributed by atoms with E-state index >= 15 is 0 Å². The van der Waals surface area contributed by atoms with E-state index in [0.29, 0.717) is 34.5 Å². The Morgan fingerprint density at radius 3 is 2.36 bits per heavy atom. The summed E-state index contributed by atoms with van der Waals surface area (Å²) in [4.78, 5) is 50.0. The molecule has 246 valence electrons. The van der Waals surface area contributed by atoms with Crippen molar-refractivity contribution >= 4 is 50.3 Å². The van der Waals surface area contributed by atoms with Crippen LogP contribution in [0, 0.1) is 0 Å². The molecule has 47 heavy (non-hydrogen) atoms. The third kappa shape index (κ3) is 6.58. The summed E-state index contributed by atoms with van der Waals surface area (Å²) in [6.07, 6.45) is 3.12. The molecule has 13 heteroatoms. The molecule has 12 nitrogen and oxygen atoms in total. The van der Waals surface area contributed by atoms with Gasteiger partial charge in [0.15, 0.2) is 0 Å². The lowest BCUT2D eigenvalue weighted by Gasteiger charge is -2.41. The first kappa shape index (κ1) is 32.2. The second-order valence-electron chi connectivity index (χ2n) is 12.8. The second kappa shape index (κ2) is 12.5. The molecule has 6 rings (SSSR count). The molecule has 2 fully saturated rings. The molecule has 1 aromatic heterocycles. The van der Waals surface area contributed by atoms with E-state index in [4.69, 9.17) is 0 Å². The number of imidazole rings is 1. The number of carbonyl (C=O) groups is 3. The van der Waals surface area contributed by atoms with Gasteiger partial charge in [-0.05, 0) is 86.2 Å². The number of aryl methyl sites for hydroxylation is 1. The third-order valence-electron chi connectivity index (χ3n) is 9.03. The van der Waals surface area contributed by atoms with Gasteiger partial charge >= 0.3 is 11.7 Å². The van der Waals surface area contributed by atoms with Crippen LogP contribution < -0.4 is 21.6 Å². The van der Waals surface area contributed by atoms with Crippen LogP contribution in [-0.4, -0.2) is 51.8 Å². The molecule has 4 aromatic rings. The van der Waals surface area contributed by atoms with Crippen LogP contribution in [-0.2, 0) is 32.4 Å². The normalized spacial score (nSPS) is 18.6. The predicted octanol–water partition coefficient (Wildman–Crippen LogP) is 4.72. The fourth-order valence-electron chi connectivity index (χ4n) is 6.60. The molecule has 3 heterocycles. The fourth-order valence-corrected chi connectivity index (χ4v) is 8.60. The van der Waals surface area contributed by atoms with Crippen LogP contribution in [0.1, 0.15) is 57.6 Å². The van der Waals surface area contributed by atoms with E-state index in [1.807, 2.05) is 38.1 Å². The Bertz CT molecular complexity index is 2050. The lowest BCUT2D eigenvalue weighted by Crippen LogP contribution is -2.50. The van der Waals surface area contributed by atoms with Crippen LogP contribution >= 0.6 is 0 Å². The van der Waals surface area contributed by atoms with Crippen LogP contribution in [0.2, 0.25) is 0 Å². The molecule has 2 saturated heterocycles. The Kier molecular flexibility index (Phi) is 8.53. The third-order valence-corrected chi connectivity index (χ3v) is 11.1. The number of piperidine rings is 2. The molecule has 1 unspecified atom stereocenters. The largest absolute Gasteiger partial charge is 0.329 e. The minimum atomic E-state index is -3.53. The molecule has 3 aromatic carbocycles. The van der Waals surface area contributed by atoms with Gasteiger partial charge < -0.3 is 10.6 Å². The highest BCUT2D eigenvalue weighted by molar-refractivity contribution is 7.88. The van der Waals surface area contributed by atoms with Crippen molar-refractivity contribution in [3.63, 3.8) is 0 Å².